The van der Waals surface area contributed by atoms with Crippen LogP contribution in [-0.4, -0.2) is 41.9 Å². The second-order valence-electron chi connectivity index (χ2n) is 5.84. The molecule has 0 saturated carbocycles. The molecule has 1 aromatic carbocycles. The molecular formula is C17H24N4O3S2. The van der Waals surface area contributed by atoms with Gasteiger partial charge in [-0.05, 0) is 18.9 Å². The van der Waals surface area contributed by atoms with E-state index in [4.69, 9.17) is 0 Å². The molecule has 2 rings (SSSR count). The summed E-state index contributed by atoms with van der Waals surface area (Å²) in [7, 11) is -3.45. The first-order valence-electron chi connectivity index (χ1n) is 8.35. The first kappa shape index (κ1) is 20.5. The largest absolute Gasteiger partial charge is 0.394 e. The third-order valence-electron chi connectivity index (χ3n) is 3.32. The Labute approximate surface area is 158 Å². The molecule has 0 saturated heterocycles. The van der Waals surface area contributed by atoms with Gasteiger partial charge in [-0.2, -0.15) is 0 Å². The predicted octanol–water partition coefficient (Wildman–Crippen LogP) is 2.71. The van der Waals surface area contributed by atoms with Crippen molar-refractivity contribution in [3.8, 4) is 0 Å². The third-order valence-corrected chi connectivity index (χ3v) is 5.70. The number of aliphatic hydroxyl groups is 1. The molecule has 0 radical (unpaired) electrons. The number of nitrogens with zero attached hydrogens (tertiary/aromatic N) is 2. The van der Waals surface area contributed by atoms with E-state index in [1.54, 1.807) is 13.8 Å². The van der Waals surface area contributed by atoms with Crippen LogP contribution in [0.25, 0.3) is 0 Å². The average Bonchev–Trinajstić information content (AvgIpc) is 2.60. The maximum Gasteiger partial charge on any atom is 0.233 e. The number of anilines is 2. The summed E-state index contributed by atoms with van der Waals surface area (Å²) < 4.78 is 26.6. The lowest BCUT2D eigenvalue weighted by Gasteiger charge is -2.14. The summed E-state index contributed by atoms with van der Waals surface area (Å²) in [5.41, 5.74) is 1.12. The first-order valence-corrected chi connectivity index (χ1v) is 11.0. The molecule has 2 aromatic rings. The number of aromatic nitrogens is 2. The zero-order valence-corrected chi connectivity index (χ0v) is 16.5. The molecule has 0 fully saturated rings. The Morgan fingerprint density at radius 1 is 1.19 bits per heavy atom. The highest BCUT2D eigenvalue weighted by atomic mass is 32.2. The van der Waals surface area contributed by atoms with Crippen LogP contribution in [0.5, 0.6) is 0 Å². The summed E-state index contributed by atoms with van der Waals surface area (Å²) in [6.45, 7) is 3.55. The number of hydrogen-bond donors (Lipinski definition) is 3. The summed E-state index contributed by atoms with van der Waals surface area (Å²) in [5, 5.41) is 12.7. The van der Waals surface area contributed by atoms with Crippen molar-refractivity contribution in [2.24, 2.45) is 0 Å². The number of aliphatic hydroxyl groups excluding tert-OH is 1. The van der Waals surface area contributed by atoms with Gasteiger partial charge < -0.3 is 10.4 Å². The van der Waals surface area contributed by atoms with Crippen LogP contribution in [0.3, 0.4) is 0 Å². The van der Waals surface area contributed by atoms with Crippen LogP contribution in [0.2, 0.25) is 0 Å². The fourth-order valence-electron chi connectivity index (χ4n) is 2.12. The number of rotatable bonds is 10. The lowest BCUT2D eigenvalue weighted by molar-refractivity contribution is 0.281. The fourth-order valence-corrected chi connectivity index (χ4v) is 3.99. The van der Waals surface area contributed by atoms with Crippen molar-refractivity contribution < 1.29 is 13.5 Å². The molecular weight excluding hydrogens is 372 g/mol. The van der Waals surface area contributed by atoms with E-state index in [-0.39, 0.29) is 24.2 Å². The van der Waals surface area contributed by atoms with E-state index in [0.29, 0.717) is 23.1 Å². The SMILES string of the molecule is CCCS(=O)(=O)Nc1cc(N[C@H](C)CO)nc(SCc2ccccc2)n1. The molecule has 7 nitrogen and oxygen atoms in total. The minimum Gasteiger partial charge on any atom is -0.394 e. The maximum atomic E-state index is 12.0. The van der Waals surface area contributed by atoms with Gasteiger partial charge in [-0.3, -0.25) is 4.72 Å². The third kappa shape index (κ3) is 6.81. The molecule has 0 spiro atoms. The van der Waals surface area contributed by atoms with Gasteiger partial charge in [0.1, 0.15) is 11.6 Å². The molecule has 0 amide bonds. The van der Waals surface area contributed by atoms with E-state index in [9.17, 15) is 13.5 Å². The van der Waals surface area contributed by atoms with Crippen molar-refractivity contribution >= 4 is 33.4 Å². The van der Waals surface area contributed by atoms with Crippen molar-refractivity contribution in [2.75, 3.05) is 22.4 Å². The number of hydrogen-bond acceptors (Lipinski definition) is 7. The van der Waals surface area contributed by atoms with Crippen molar-refractivity contribution in [1.82, 2.24) is 9.97 Å². The van der Waals surface area contributed by atoms with Gasteiger partial charge in [-0.25, -0.2) is 18.4 Å². The molecule has 1 aromatic heterocycles. The molecule has 0 aliphatic heterocycles. The number of thioether (sulfide) groups is 1. The molecule has 3 N–H and O–H groups in total. The monoisotopic (exact) mass is 396 g/mol. The molecule has 0 unspecified atom stereocenters. The van der Waals surface area contributed by atoms with Crippen LogP contribution in [0.4, 0.5) is 11.6 Å². The van der Waals surface area contributed by atoms with E-state index in [1.807, 2.05) is 30.3 Å². The van der Waals surface area contributed by atoms with Gasteiger partial charge in [0.25, 0.3) is 0 Å². The topological polar surface area (TPSA) is 104 Å². The lowest BCUT2D eigenvalue weighted by Crippen LogP contribution is -2.21. The highest BCUT2D eigenvalue weighted by molar-refractivity contribution is 7.98. The van der Waals surface area contributed by atoms with E-state index < -0.39 is 10.0 Å². The van der Waals surface area contributed by atoms with Crippen LogP contribution in [0, 0.1) is 0 Å². The highest BCUT2D eigenvalue weighted by Crippen LogP contribution is 2.23. The molecule has 9 heteroatoms. The van der Waals surface area contributed by atoms with Gasteiger partial charge in [0, 0.05) is 17.9 Å². The van der Waals surface area contributed by atoms with E-state index >= 15 is 0 Å². The van der Waals surface area contributed by atoms with Crippen molar-refractivity contribution in [3.63, 3.8) is 0 Å². The average molecular weight is 397 g/mol. The second-order valence-corrected chi connectivity index (χ2v) is 8.63. The Bertz CT molecular complexity index is 801. The zero-order valence-electron chi connectivity index (χ0n) is 14.8. The molecule has 1 heterocycles. The minimum absolute atomic E-state index is 0.0271. The van der Waals surface area contributed by atoms with Crippen molar-refractivity contribution in [2.45, 2.75) is 37.2 Å². The molecule has 0 bridgehead atoms. The Balaban J connectivity index is 2.21. The molecule has 0 aliphatic rings. The number of benzene rings is 1. The fraction of sp³-hybridized carbons (Fsp3) is 0.412. The summed E-state index contributed by atoms with van der Waals surface area (Å²) >= 11 is 1.42. The number of sulfonamides is 1. The summed E-state index contributed by atoms with van der Waals surface area (Å²) in [5.74, 6) is 1.38. The molecule has 142 valence electrons. The second kappa shape index (κ2) is 9.75. The minimum atomic E-state index is -3.45. The van der Waals surface area contributed by atoms with Crippen molar-refractivity contribution in [1.29, 1.82) is 0 Å². The maximum absolute atomic E-state index is 12.0. The standard InChI is InChI=1S/C17H24N4O3S2/c1-3-9-26(23,24)21-16-10-15(18-13(2)11-22)19-17(20-16)25-12-14-7-5-4-6-8-14/h4-8,10,13,22H,3,9,11-12H2,1-2H3,(H2,18,19,20,21)/t13-/m1/s1. The highest BCUT2D eigenvalue weighted by Gasteiger charge is 2.13. The zero-order chi connectivity index (χ0) is 19.0. The molecule has 1 atom stereocenters. The van der Waals surface area contributed by atoms with Crippen LogP contribution < -0.4 is 10.0 Å². The van der Waals surface area contributed by atoms with Crippen LogP contribution in [-0.2, 0) is 15.8 Å². The van der Waals surface area contributed by atoms with E-state index in [1.165, 1.54) is 17.8 Å². The van der Waals surface area contributed by atoms with Crippen LogP contribution in [0.15, 0.2) is 41.6 Å². The van der Waals surface area contributed by atoms with Gasteiger partial charge in [0.05, 0.1) is 12.4 Å². The van der Waals surface area contributed by atoms with Crippen LogP contribution >= 0.6 is 11.8 Å². The Kier molecular flexibility index (Phi) is 7.67. The Morgan fingerprint density at radius 3 is 2.54 bits per heavy atom. The normalized spacial score (nSPS) is 12.6. The lowest BCUT2D eigenvalue weighted by atomic mass is 10.2. The predicted molar refractivity (Wildman–Crippen MR) is 106 cm³/mol. The molecule has 26 heavy (non-hydrogen) atoms. The smallest absolute Gasteiger partial charge is 0.233 e. The van der Waals surface area contributed by atoms with Gasteiger partial charge in [0.15, 0.2) is 5.16 Å². The van der Waals surface area contributed by atoms with Crippen molar-refractivity contribution in [3.05, 3.63) is 42.0 Å². The summed E-state index contributed by atoms with van der Waals surface area (Å²) in [6, 6.07) is 11.2. The van der Waals surface area contributed by atoms with Gasteiger partial charge in [0.2, 0.25) is 10.0 Å². The van der Waals surface area contributed by atoms with Gasteiger partial charge in [-0.1, -0.05) is 49.0 Å². The first-order chi connectivity index (χ1) is 12.4. The summed E-state index contributed by atoms with van der Waals surface area (Å²) in [6.07, 6.45) is 0.517. The van der Waals surface area contributed by atoms with Gasteiger partial charge in [-0.15, -0.1) is 0 Å². The number of nitrogens with one attached hydrogen (secondary N) is 2. The van der Waals surface area contributed by atoms with Crippen LogP contribution in [0.1, 0.15) is 25.8 Å². The molecule has 0 aliphatic carbocycles. The Hall–Kier alpha value is -1.84. The summed E-state index contributed by atoms with van der Waals surface area (Å²) in [4.78, 5) is 8.72. The quantitative estimate of drug-likeness (QED) is 0.419. The Morgan fingerprint density at radius 2 is 1.88 bits per heavy atom. The van der Waals surface area contributed by atoms with E-state index in [2.05, 4.69) is 20.0 Å². The van der Waals surface area contributed by atoms with E-state index in [0.717, 1.165) is 5.56 Å². The van der Waals surface area contributed by atoms with Gasteiger partial charge >= 0.3 is 0 Å².